The molecule has 0 spiro atoms. The van der Waals surface area contributed by atoms with E-state index in [2.05, 4.69) is 4.98 Å². The van der Waals surface area contributed by atoms with Crippen LogP contribution in [0.1, 0.15) is 12.8 Å². The molecule has 0 aliphatic carbocycles. The van der Waals surface area contributed by atoms with Gasteiger partial charge in [-0.05, 0) is 43.2 Å². The zero-order valence-corrected chi connectivity index (χ0v) is 16.2. The maximum atomic E-state index is 12.9. The minimum absolute atomic E-state index is 0.0290. The SMILES string of the molecule is O=C(COc1ccccc1)N(CC1CCCO1)c1nc2ccc(Cl)cc2s1. The molecular formula is C20H19ClN2O3S. The van der Waals surface area contributed by atoms with Gasteiger partial charge in [0.2, 0.25) is 0 Å². The second kappa shape index (κ2) is 8.25. The summed E-state index contributed by atoms with van der Waals surface area (Å²) in [6, 6.07) is 14.9. The molecule has 1 amide bonds. The first-order valence-corrected chi connectivity index (χ1v) is 10.0. The molecule has 1 aromatic heterocycles. The second-order valence-corrected chi connectivity index (χ2v) is 7.80. The molecule has 2 heterocycles. The number of fused-ring (bicyclic) bond motifs is 1. The van der Waals surface area contributed by atoms with Crippen LogP contribution in [0.5, 0.6) is 5.75 Å². The van der Waals surface area contributed by atoms with Gasteiger partial charge in [0.15, 0.2) is 11.7 Å². The van der Waals surface area contributed by atoms with Crippen molar-refractivity contribution in [2.75, 3.05) is 24.7 Å². The highest BCUT2D eigenvalue weighted by molar-refractivity contribution is 7.22. The Hall–Kier alpha value is -2.15. The first kappa shape index (κ1) is 18.2. The molecule has 1 aliphatic rings. The number of thiazole rings is 1. The highest BCUT2D eigenvalue weighted by Crippen LogP contribution is 2.31. The predicted octanol–water partition coefficient (Wildman–Crippen LogP) is 4.54. The number of halogens is 1. The highest BCUT2D eigenvalue weighted by Gasteiger charge is 2.26. The fraction of sp³-hybridized carbons (Fsp3) is 0.300. The van der Waals surface area contributed by atoms with Gasteiger partial charge in [-0.2, -0.15) is 0 Å². The van der Waals surface area contributed by atoms with Gasteiger partial charge in [0.05, 0.1) is 22.9 Å². The molecule has 0 bridgehead atoms. The van der Waals surface area contributed by atoms with E-state index < -0.39 is 0 Å². The molecule has 1 saturated heterocycles. The van der Waals surface area contributed by atoms with Crippen molar-refractivity contribution in [1.29, 1.82) is 0 Å². The van der Waals surface area contributed by atoms with Crippen LogP contribution >= 0.6 is 22.9 Å². The molecule has 27 heavy (non-hydrogen) atoms. The standard InChI is InChI=1S/C20H19ClN2O3S/c21-14-8-9-17-18(11-14)27-20(22-17)23(12-16-7-4-10-25-16)19(24)13-26-15-5-2-1-3-6-15/h1-3,5-6,8-9,11,16H,4,7,10,12-13H2. The lowest BCUT2D eigenvalue weighted by atomic mass is 10.2. The predicted molar refractivity (Wildman–Crippen MR) is 108 cm³/mol. The number of ether oxygens (including phenoxy) is 2. The lowest BCUT2D eigenvalue weighted by Crippen LogP contribution is -2.40. The summed E-state index contributed by atoms with van der Waals surface area (Å²) in [5, 5.41) is 1.30. The van der Waals surface area contributed by atoms with Crippen molar-refractivity contribution in [2.45, 2.75) is 18.9 Å². The third kappa shape index (κ3) is 4.40. The van der Waals surface area contributed by atoms with Crippen LogP contribution < -0.4 is 9.64 Å². The van der Waals surface area contributed by atoms with Crippen LogP contribution in [-0.2, 0) is 9.53 Å². The van der Waals surface area contributed by atoms with Crippen molar-refractivity contribution >= 4 is 44.2 Å². The molecule has 7 heteroatoms. The van der Waals surface area contributed by atoms with Gasteiger partial charge < -0.3 is 9.47 Å². The molecule has 1 unspecified atom stereocenters. The molecule has 1 atom stereocenters. The van der Waals surface area contributed by atoms with Crippen LogP contribution in [0.25, 0.3) is 10.2 Å². The van der Waals surface area contributed by atoms with Gasteiger partial charge >= 0.3 is 0 Å². The van der Waals surface area contributed by atoms with E-state index in [0.717, 1.165) is 29.7 Å². The van der Waals surface area contributed by atoms with Crippen LogP contribution in [0, 0.1) is 0 Å². The lowest BCUT2D eigenvalue weighted by molar-refractivity contribution is -0.120. The molecular weight excluding hydrogens is 384 g/mol. The number of rotatable bonds is 6. The van der Waals surface area contributed by atoms with E-state index in [1.54, 1.807) is 11.0 Å². The number of nitrogens with zero attached hydrogens (tertiary/aromatic N) is 2. The van der Waals surface area contributed by atoms with Gasteiger partial charge in [0, 0.05) is 11.6 Å². The van der Waals surface area contributed by atoms with Crippen LogP contribution in [-0.4, -0.2) is 36.8 Å². The maximum absolute atomic E-state index is 12.9. The summed E-state index contributed by atoms with van der Waals surface area (Å²) in [5.74, 6) is 0.526. The Labute approximate surface area is 166 Å². The van der Waals surface area contributed by atoms with E-state index in [-0.39, 0.29) is 18.6 Å². The smallest absolute Gasteiger partial charge is 0.266 e. The fourth-order valence-corrected chi connectivity index (χ4v) is 4.29. The summed E-state index contributed by atoms with van der Waals surface area (Å²) in [5.41, 5.74) is 0.827. The number of anilines is 1. The first-order chi connectivity index (χ1) is 13.2. The Balaban J connectivity index is 1.55. The number of aromatic nitrogens is 1. The summed E-state index contributed by atoms with van der Waals surface area (Å²) in [6.45, 7) is 1.17. The number of carbonyl (C=O) groups excluding carboxylic acids is 1. The summed E-state index contributed by atoms with van der Waals surface area (Å²) < 4.78 is 12.3. The topological polar surface area (TPSA) is 51.7 Å². The Morgan fingerprint density at radius 3 is 2.93 bits per heavy atom. The van der Waals surface area contributed by atoms with E-state index in [9.17, 15) is 4.79 Å². The summed E-state index contributed by atoms with van der Waals surface area (Å²) in [7, 11) is 0. The van der Waals surface area contributed by atoms with Crippen LogP contribution in [0.2, 0.25) is 5.02 Å². The van der Waals surface area contributed by atoms with Gasteiger partial charge in [0.25, 0.3) is 5.91 Å². The van der Waals surface area contributed by atoms with Gasteiger partial charge in [0.1, 0.15) is 5.75 Å². The number of hydrogen-bond donors (Lipinski definition) is 0. The second-order valence-electron chi connectivity index (χ2n) is 6.35. The average Bonchev–Trinajstić information content (AvgIpc) is 3.34. The highest BCUT2D eigenvalue weighted by atomic mass is 35.5. The Bertz CT molecular complexity index is 925. The molecule has 140 valence electrons. The summed E-state index contributed by atoms with van der Waals surface area (Å²) in [4.78, 5) is 19.2. The van der Waals surface area contributed by atoms with E-state index in [0.29, 0.717) is 22.4 Å². The molecule has 1 fully saturated rings. The molecule has 4 rings (SSSR count). The Morgan fingerprint density at radius 1 is 1.30 bits per heavy atom. The zero-order chi connectivity index (χ0) is 18.6. The van der Waals surface area contributed by atoms with Crippen LogP contribution in [0.15, 0.2) is 48.5 Å². The average molecular weight is 403 g/mol. The Morgan fingerprint density at radius 2 is 2.15 bits per heavy atom. The first-order valence-electron chi connectivity index (χ1n) is 8.85. The molecule has 1 aliphatic heterocycles. The molecule has 0 N–H and O–H groups in total. The number of hydrogen-bond acceptors (Lipinski definition) is 5. The normalized spacial score (nSPS) is 16.6. The lowest BCUT2D eigenvalue weighted by Gasteiger charge is -2.23. The monoisotopic (exact) mass is 402 g/mol. The quantitative estimate of drug-likeness (QED) is 0.607. The van der Waals surface area contributed by atoms with E-state index in [1.165, 1.54) is 11.3 Å². The number of para-hydroxylation sites is 1. The summed E-state index contributed by atoms with van der Waals surface area (Å²) >= 11 is 7.53. The van der Waals surface area contributed by atoms with Gasteiger partial charge in [-0.15, -0.1) is 0 Å². The largest absolute Gasteiger partial charge is 0.484 e. The minimum atomic E-state index is -0.139. The third-order valence-electron chi connectivity index (χ3n) is 4.39. The van der Waals surface area contributed by atoms with Crippen molar-refractivity contribution in [3.63, 3.8) is 0 Å². The van der Waals surface area contributed by atoms with Crippen molar-refractivity contribution < 1.29 is 14.3 Å². The van der Waals surface area contributed by atoms with Crippen molar-refractivity contribution in [3.05, 3.63) is 53.6 Å². The maximum Gasteiger partial charge on any atom is 0.266 e. The van der Waals surface area contributed by atoms with Crippen LogP contribution in [0.4, 0.5) is 5.13 Å². The fourth-order valence-electron chi connectivity index (χ4n) is 3.02. The molecule has 0 radical (unpaired) electrons. The number of benzene rings is 2. The van der Waals surface area contributed by atoms with E-state index >= 15 is 0 Å². The van der Waals surface area contributed by atoms with Gasteiger partial charge in [-0.1, -0.05) is 41.1 Å². The van der Waals surface area contributed by atoms with Gasteiger partial charge in [-0.25, -0.2) is 4.98 Å². The third-order valence-corrected chi connectivity index (χ3v) is 5.66. The Kier molecular flexibility index (Phi) is 5.57. The van der Waals surface area contributed by atoms with E-state index in [1.807, 2.05) is 42.5 Å². The summed E-state index contributed by atoms with van der Waals surface area (Å²) in [6.07, 6.45) is 1.99. The number of carbonyl (C=O) groups is 1. The van der Waals surface area contributed by atoms with E-state index in [4.69, 9.17) is 21.1 Å². The van der Waals surface area contributed by atoms with Crippen molar-refractivity contribution in [2.24, 2.45) is 0 Å². The molecule has 3 aromatic rings. The zero-order valence-electron chi connectivity index (χ0n) is 14.6. The van der Waals surface area contributed by atoms with Crippen molar-refractivity contribution in [1.82, 2.24) is 4.98 Å². The molecule has 2 aromatic carbocycles. The minimum Gasteiger partial charge on any atom is -0.484 e. The number of amides is 1. The van der Waals surface area contributed by atoms with Crippen LogP contribution in [0.3, 0.4) is 0 Å². The van der Waals surface area contributed by atoms with Gasteiger partial charge in [-0.3, -0.25) is 9.69 Å². The molecule has 0 saturated carbocycles. The molecule has 5 nitrogen and oxygen atoms in total. The van der Waals surface area contributed by atoms with Crippen molar-refractivity contribution in [3.8, 4) is 5.75 Å².